The Morgan fingerprint density at radius 1 is 1.48 bits per heavy atom. The Bertz CT molecular complexity index is 691. The van der Waals surface area contributed by atoms with E-state index in [4.69, 9.17) is 4.74 Å². The van der Waals surface area contributed by atoms with Gasteiger partial charge in [-0.1, -0.05) is 6.07 Å². The number of aromatic nitrogens is 1. The number of rotatable bonds is 7. The fraction of sp³-hybridized carbons (Fsp3) is 0.267. The number of aliphatic carboxylic acids is 1. The second-order valence-electron chi connectivity index (χ2n) is 4.71. The zero-order valence-corrected chi connectivity index (χ0v) is 13.1. The number of halogens is 1. The van der Waals surface area contributed by atoms with Crippen LogP contribution in [-0.4, -0.2) is 29.1 Å². The number of carboxylic acid groups (broad SMARTS) is 1. The smallest absolute Gasteiger partial charge is 0.330 e. The third-order valence-corrected chi connectivity index (χ3v) is 3.79. The van der Waals surface area contributed by atoms with Gasteiger partial charge in [-0.05, 0) is 24.1 Å². The number of hydrogen-bond donors (Lipinski definition) is 2. The van der Waals surface area contributed by atoms with Gasteiger partial charge in [0, 0.05) is 11.8 Å². The summed E-state index contributed by atoms with van der Waals surface area (Å²) in [6.45, 7) is 0. The van der Waals surface area contributed by atoms with Crippen LogP contribution < -0.4 is 10.1 Å². The summed E-state index contributed by atoms with van der Waals surface area (Å²) in [7, 11) is 1.31. The molecule has 1 aromatic heterocycles. The van der Waals surface area contributed by atoms with E-state index >= 15 is 0 Å². The number of hydrogen-bond acceptors (Lipinski definition) is 5. The van der Waals surface area contributed by atoms with Gasteiger partial charge < -0.3 is 15.2 Å². The van der Waals surface area contributed by atoms with Crippen molar-refractivity contribution in [3.8, 4) is 5.75 Å². The van der Waals surface area contributed by atoms with Crippen LogP contribution in [0.15, 0.2) is 29.1 Å². The van der Waals surface area contributed by atoms with Gasteiger partial charge in [0.15, 0.2) is 17.6 Å². The molecule has 2 N–H and O–H groups in total. The molecule has 1 aromatic carbocycles. The molecule has 1 amide bonds. The molecule has 1 atom stereocenters. The molecule has 6 nitrogen and oxygen atoms in total. The van der Waals surface area contributed by atoms with Crippen LogP contribution in [0.4, 0.5) is 4.39 Å². The molecule has 1 heterocycles. The molecular weight excluding hydrogens is 323 g/mol. The van der Waals surface area contributed by atoms with Crippen molar-refractivity contribution in [2.75, 3.05) is 7.11 Å². The number of thiazole rings is 1. The SMILES string of the molecule is COc1ccc(C(NC(=O)CCc2cscn2)C(=O)O)cc1F. The number of nitrogens with one attached hydrogen (secondary N) is 1. The normalized spacial score (nSPS) is 11.7. The van der Waals surface area contributed by atoms with E-state index in [2.05, 4.69) is 10.3 Å². The standard InChI is InChI=1S/C15H15FN2O4S/c1-22-12-4-2-9(6-11(12)16)14(15(20)21)18-13(19)5-3-10-7-23-8-17-10/h2,4,6-8,14H,3,5H2,1H3,(H,18,19)(H,20,21). The molecule has 0 saturated heterocycles. The molecule has 0 aliphatic carbocycles. The first-order valence-electron chi connectivity index (χ1n) is 6.74. The third-order valence-electron chi connectivity index (χ3n) is 3.15. The van der Waals surface area contributed by atoms with Crippen LogP contribution in [0.25, 0.3) is 0 Å². The van der Waals surface area contributed by atoms with Gasteiger partial charge in [-0.15, -0.1) is 11.3 Å². The molecule has 0 aliphatic heterocycles. The lowest BCUT2D eigenvalue weighted by Crippen LogP contribution is -2.34. The van der Waals surface area contributed by atoms with E-state index in [-0.39, 0.29) is 17.7 Å². The maximum Gasteiger partial charge on any atom is 0.330 e. The van der Waals surface area contributed by atoms with Crippen molar-refractivity contribution in [3.05, 3.63) is 46.2 Å². The first kappa shape index (κ1) is 16.9. The third kappa shape index (κ3) is 4.49. The summed E-state index contributed by atoms with van der Waals surface area (Å²) in [4.78, 5) is 27.3. The number of methoxy groups -OCH3 is 1. The molecule has 0 saturated carbocycles. The summed E-state index contributed by atoms with van der Waals surface area (Å²) in [5.41, 5.74) is 2.57. The van der Waals surface area contributed by atoms with Crippen LogP contribution in [0.1, 0.15) is 23.7 Å². The summed E-state index contributed by atoms with van der Waals surface area (Å²) >= 11 is 1.42. The Balaban J connectivity index is 2.04. The Morgan fingerprint density at radius 2 is 2.26 bits per heavy atom. The van der Waals surface area contributed by atoms with Gasteiger partial charge >= 0.3 is 5.97 Å². The van der Waals surface area contributed by atoms with Crippen molar-refractivity contribution in [2.24, 2.45) is 0 Å². The molecule has 0 spiro atoms. The molecular formula is C15H15FN2O4S. The van der Waals surface area contributed by atoms with Crippen LogP contribution in [0, 0.1) is 5.82 Å². The van der Waals surface area contributed by atoms with Gasteiger partial charge in [0.25, 0.3) is 0 Å². The lowest BCUT2D eigenvalue weighted by atomic mass is 10.1. The lowest BCUT2D eigenvalue weighted by Gasteiger charge is -2.15. The number of benzene rings is 1. The highest BCUT2D eigenvalue weighted by Gasteiger charge is 2.23. The summed E-state index contributed by atoms with van der Waals surface area (Å²) in [6.07, 6.45) is 0.519. The Hall–Kier alpha value is -2.48. The van der Waals surface area contributed by atoms with E-state index in [1.807, 2.05) is 5.38 Å². The molecule has 1 unspecified atom stereocenters. The van der Waals surface area contributed by atoms with Crippen molar-refractivity contribution in [1.29, 1.82) is 0 Å². The van der Waals surface area contributed by atoms with Gasteiger partial charge in [0.05, 0.1) is 18.3 Å². The average molecular weight is 338 g/mol. The van der Waals surface area contributed by atoms with Crippen LogP contribution in [0.5, 0.6) is 5.75 Å². The number of carbonyl (C=O) groups is 2. The molecule has 0 radical (unpaired) electrons. The van der Waals surface area contributed by atoms with Gasteiger partial charge in [0.1, 0.15) is 0 Å². The largest absolute Gasteiger partial charge is 0.494 e. The summed E-state index contributed by atoms with van der Waals surface area (Å²) in [6, 6.07) is 2.44. The second-order valence-corrected chi connectivity index (χ2v) is 5.43. The highest BCUT2D eigenvalue weighted by molar-refractivity contribution is 7.07. The topological polar surface area (TPSA) is 88.5 Å². The number of nitrogens with zero attached hydrogens (tertiary/aromatic N) is 1. The Morgan fingerprint density at radius 3 is 2.83 bits per heavy atom. The zero-order valence-electron chi connectivity index (χ0n) is 12.3. The minimum atomic E-state index is -1.32. The molecule has 2 rings (SSSR count). The molecule has 8 heteroatoms. The molecule has 122 valence electrons. The van der Waals surface area contributed by atoms with Crippen molar-refractivity contribution in [3.63, 3.8) is 0 Å². The molecule has 2 aromatic rings. The van der Waals surface area contributed by atoms with E-state index in [0.717, 1.165) is 11.8 Å². The number of ether oxygens (including phenoxy) is 1. The molecule has 23 heavy (non-hydrogen) atoms. The van der Waals surface area contributed by atoms with Crippen LogP contribution >= 0.6 is 11.3 Å². The maximum atomic E-state index is 13.7. The molecule has 0 fully saturated rings. The van der Waals surface area contributed by atoms with Crippen molar-refractivity contribution in [1.82, 2.24) is 10.3 Å². The fourth-order valence-electron chi connectivity index (χ4n) is 1.99. The van der Waals surface area contributed by atoms with E-state index in [1.54, 1.807) is 5.51 Å². The number of amides is 1. The first-order valence-corrected chi connectivity index (χ1v) is 7.68. The van der Waals surface area contributed by atoms with E-state index < -0.39 is 23.7 Å². The highest BCUT2D eigenvalue weighted by atomic mass is 32.1. The van der Waals surface area contributed by atoms with Crippen LogP contribution in [0.2, 0.25) is 0 Å². The minimum Gasteiger partial charge on any atom is -0.494 e. The number of carboxylic acids is 1. The van der Waals surface area contributed by atoms with Gasteiger partial charge in [-0.2, -0.15) is 0 Å². The highest BCUT2D eigenvalue weighted by Crippen LogP contribution is 2.22. The van der Waals surface area contributed by atoms with Gasteiger partial charge in [-0.3, -0.25) is 4.79 Å². The monoisotopic (exact) mass is 338 g/mol. The molecule has 0 bridgehead atoms. The summed E-state index contributed by atoms with van der Waals surface area (Å²) in [5, 5.41) is 13.5. The van der Waals surface area contributed by atoms with Crippen molar-refractivity contribution >= 4 is 23.2 Å². The predicted molar refractivity (Wildman–Crippen MR) is 81.9 cm³/mol. The number of aryl methyl sites for hydroxylation is 1. The summed E-state index contributed by atoms with van der Waals surface area (Å²) < 4.78 is 18.5. The number of carbonyl (C=O) groups excluding carboxylic acids is 1. The fourth-order valence-corrected chi connectivity index (χ4v) is 2.58. The Kier molecular flexibility index (Phi) is 5.64. The van der Waals surface area contributed by atoms with Gasteiger partial charge in [0.2, 0.25) is 5.91 Å². The van der Waals surface area contributed by atoms with Crippen LogP contribution in [-0.2, 0) is 16.0 Å². The van der Waals surface area contributed by atoms with Crippen LogP contribution in [0.3, 0.4) is 0 Å². The van der Waals surface area contributed by atoms with Crippen molar-refractivity contribution in [2.45, 2.75) is 18.9 Å². The minimum absolute atomic E-state index is 0.00717. The second kappa shape index (κ2) is 7.68. The van der Waals surface area contributed by atoms with Crippen molar-refractivity contribution < 1.29 is 23.8 Å². The lowest BCUT2D eigenvalue weighted by molar-refractivity contribution is -0.142. The first-order chi connectivity index (χ1) is 11.0. The van der Waals surface area contributed by atoms with Gasteiger partial charge in [-0.25, -0.2) is 14.2 Å². The molecule has 0 aliphatic rings. The average Bonchev–Trinajstić information content (AvgIpc) is 3.03. The Labute approximate surface area is 135 Å². The quantitative estimate of drug-likeness (QED) is 0.808. The van der Waals surface area contributed by atoms with E-state index in [1.165, 1.54) is 30.6 Å². The summed E-state index contributed by atoms with van der Waals surface area (Å²) in [5.74, 6) is -2.39. The van der Waals surface area contributed by atoms with E-state index in [9.17, 15) is 19.1 Å². The predicted octanol–water partition coefficient (Wildman–Crippen LogP) is 2.17. The van der Waals surface area contributed by atoms with E-state index in [0.29, 0.717) is 6.42 Å². The maximum absolute atomic E-state index is 13.7. The zero-order chi connectivity index (χ0) is 16.8.